The van der Waals surface area contributed by atoms with Gasteiger partial charge in [-0.25, -0.2) is 28.2 Å². The fraction of sp³-hybridized carbons (Fsp3) is 0. The van der Waals surface area contributed by atoms with Crippen LogP contribution in [0.4, 0.5) is 5.82 Å². The van der Waals surface area contributed by atoms with Gasteiger partial charge in [-0.15, -0.1) is 0 Å². The van der Waals surface area contributed by atoms with Crippen molar-refractivity contribution in [2.45, 2.75) is 5.03 Å². The Labute approximate surface area is 154 Å². The monoisotopic (exact) mass is 427 g/mol. The topological polar surface area (TPSA) is 175 Å². The van der Waals surface area contributed by atoms with Crippen molar-refractivity contribution in [1.29, 1.82) is 0 Å². The Balaban J connectivity index is 0.000000705. The van der Waals surface area contributed by atoms with E-state index < -0.39 is 26.8 Å². The number of halogens is 2. The maximum atomic E-state index is 12.0. The molecule has 0 fully saturated rings. The molecule has 0 aliphatic heterocycles. The third-order valence-corrected chi connectivity index (χ3v) is 4.04. The highest BCUT2D eigenvalue weighted by Crippen LogP contribution is 2.17. The Hall–Kier alpha value is -1.99. The third kappa shape index (κ3) is 6.80. The molecule has 0 spiro atoms. The molecule has 0 aliphatic rings. The molecule has 0 bridgehead atoms. The molecule has 0 aliphatic carbocycles. The van der Waals surface area contributed by atoms with E-state index in [4.69, 9.17) is 37.4 Å². The van der Waals surface area contributed by atoms with E-state index >= 15 is 0 Å². The van der Waals surface area contributed by atoms with Gasteiger partial charge in [0.1, 0.15) is 16.1 Å². The van der Waals surface area contributed by atoms with Crippen molar-refractivity contribution in [2.24, 2.45) is 5.14 Å². The van der Waals surface area contributed by atoms with Crippen molar-refractivity contribution in [1.82, 2.24) is 14.7 Å². The van der Waals surface area contributed by atoms with Gasteiger partial charge >= 0.3 is 0 Å². The summed E-state index contributed by atoms with van der Waals surface area (Å²) in [6, 6.07) is 6.59. The zero-order chi connectivity index (χ0) is 19.2. The number of carbonyl (C=O) groups excluding carboxylic acids is 1. The van der Waals surface area contributed by atoms with Gasteiger partial charge in [0.25, 0.3) is 15.9 Å². The summed E-state index contributed by atoms with van der Waals surface area (Å²) in [7, 11) is -6.79. The molecule has 25 heavy (non-hydrogen) atoms. The second-order valence-corrected chi connectivity index (χ2v) is 7.04. The van der Waals surface area contributed by atoms with E-state index in [1.54, 1.807) is 0 Å². The minimum absolute atomic E-state index is 0.0107. The largest absolute Gasteiger partial charge is 0.384 e. The zero-order valence-corrected chi connectivity index (χ0v) is 15.3. The molecular formula is C11H11Cl2N5O5S2. The van der Waals surface area contributed by atoms with Crippen molar-refractivity contribution in [3.63, 3.8) is 0 Å². The summed E-state index contributed by atoms with van der Waals surface area (Å²) in [5.41, 5.74) is 5.27. The molecule has 0 saturated heterocycles. The molecule has 2 aromatic heterocycles. The number of pyridine rings is 2. The summed E-state index contributed by atoms with van der Waals surface area (Å²) in [6.07, 6.45) is 0. The number of carbonyl (C=O) groups is 1. The second-order valence-electron chi connectivity index (χ2n) is 4.09. The number of hydrogen-bond acceptors (Lipinski definition) is 8. The molecule has 0 aromatic carbocycles. The number of anilines is 1. The minimum atomic E-state index is -4.17. The molecule has 10 nitrogen and oxygen atoms in total. The van der Waals surface area contributed by atoms with Gasteiger partial charge in [-0.1, -0.05) is 29.3 Å². The van der Waals surface area contributed by atoms with E-state index in [2.05, 4.69) is 15.1 Å². The molecule has 1 amide bonds. The van der Waals surface area contributed by atoms with Crippen LogP contribution in [-0.2, 0) is 20.9 Å². The van der Waals surface area contributed by atoms with Crippen LogP contribution in [0.1, 0.15) is 10.4 Å². The Bertz CT molecular complexity index is 957. The van der Waals surface area contributed by atoms with Gasteiger partial charge < -0.3 is 5.73 Å². The summed E-state index contributed by atoms with van der Waals surface area (Å²) in [5, 5.41) is 3.55. The van der Waals surface area contributed by atoms with Gasteiger partial charge in [-0.3, -0.25) is 4.79 Å². The number of nitrogens with two attached hydrogens (primary N) is 2. The lowest BCUT2D eigenvalue weighted by molar-refractivity contribution is 0.0981. The number of nitrogens with one attached hydrogen (secondary N) is 1. The SMILES string of the molecule is N[SH](=O)=O.Nc1cccc(S(=O)(=O)NC(=O)c2ccc(Cl)nc2Cl)n1. The second kappa shape index (κ2) is 8.92. The summed E-state index contributed by atoms with van der Waals surface area (Å²) in [6.45, 7) is 0. The number of nitrogen functional groups attached to an aromatic ring is 1. The van der Waals surface area contributed by atoms with Crippen LogP contribution in [0.2, 0.25) is 10.3 Å². The first-order valence-corrected chi connectivity index (χ1v) is 9.52. The van der Waals surface area contributed by atoms with Crippen LogP contribution in [-0.4, -0.2) is 32.7 Å². The standard InChI is InChI=1S/C11H8Cl2N4O3S.H3NO2S/c12-7-5-4-6(10(13)15-7)11(18)17-21(19,20)9-3-1-2-8(14)16-9;1-4(2)3/h1-5H,(H2,14,16)(H,17,18);4H,(H2,1,2,3). The first-order valence-electron chi connectivity index (χ1n) is 6.03. The van der Waals surface area contributed by atoms with Crippen molar-refractivity contribution >= 4 is 55.8 Å². The Kier molecular flexibility index (Phi) is 7.51. The van der Waals surface area contributed by atoms with E-state index in [1.165, 1.54) is 30.3 Å². The molecule has 0 atom stereocenters. The highest BCUT2D eigenvalue weighted by Gasteiger charge is 2.22. The first-order chi connectivity index (χ1) is 11.5. The maximum absolute atomic E-state index is 12.0. The predicted molar refractivity (Wildman–Crippen MR) is 92.1 cm³/mol. The molecular weight excluding hydrogens is 417 g/mol. The highest BCUT2D eigenvalue weighted by atomic mass is 35.5. The van der Waals surface area contributed by atoms with Crippen LogP contribution in [0.3, 0.4) is 0 Å². The van der Waals surface area contributed by atoms with Crippen LogP contribution in [0, 0.1) is 0 Å². The summed E-state index contributed by atoms with van der Waals surface area (Å²) < 4.78 is 43.5. The summed E-state index contributed by atoms with van der Waals surface area (Å²) in [4.78, 5) is 19.2. The van der Waals surface area contributed by atoms with Crippen molar-refractivity contribution in [3.05, 3.63) is 46.2 Å². The van der Waals surface area contributed by atoms with E-state index in [0.717, 1.165) is 0 Å². The quantitative estimate of drug-likeness (QED) is 0.389. The van der Waals surface area contributed by atoms with E-state index in [0.29, 0.717) is 0 Å². The molecule has 5 N–H and O–H groups in total. The summed E-state index contributed by atoms with van der Waals surface area (Å²) >= 11 is 11.3. The Morgan fingerprint density at radius 2 is 1.72 bits per heavy atom. The van der Waals surface area contributed by atoms with Crippen LogP contribution in [0.15, 0.2) is 35.4 Å². The van der Waals surface area contributed by atoms with Gasteiger partial charge in [-0.2, -0.15) is 8.42 Å². The zero-order valence-electron chi connectivity index (χ0n) is 12.1. The van der Waals surface area contributed by atoms with Gasteiger partial charge in [0.05, 0.1) is 5.56 Å². The molecule has 2 aromatic rings. The van der Waals surface area contributed by atoms with Crippen molar-refractivity contribution in [3.8, 4) is 0 Å². The average Bonchev–Trinajstić information content (AvgIpc) is 2.46. The molecule has 2 rings (SSSR count). The fourth-order valence-corrected chi connectivity index (χ4v) is 2.76. The number of rotatable bonds is 3. The Morgan fingerprint density at radius 1 is 1.12 bits per heavy atom. The molecule has 0 radical (unpaired) electrons. The normalized spacial score (nSPS) is 10.7. The fourth-order valence-electron chi connectivity index (χ4n) is 1.39. The number of aromatic nitrogens is 2. The minimum Gasteiger partial charge on any atom is -0.384 e. The van der Waals surface area contributed by atoms with Crippen LogP contribution < -0.4 is 15.6 Å². The number of nitrogens with zero attached hydrogens (tertiary/aromatic N) is 2. The first kappa shape index (κ1) is 21.1. The average molecular weight is 428 g/mol. The summed E-state index contributed by atoms with van der Waals surface area (Å²) in [5.74, 6) is -0.940. The van der Waals surface area contributed by atoms with Crippen molar-refractivity contribution < 1.29 is 21.6 Å². The lowest BCUT2D eigenvalue weighted by Gasteiger charge is -2.07. The predicted octanol–water partition coefficient (Wildman–Crippen LogP) is -0.0442. The highest BCUT2D eigenvalue weighted by molar-refractivity contribution is 7.90. The van der Waals surface area contributed by atoms with E-state index in [9.17, 15) is 13.2 Å². The number of amides is 1. The van der Waals surface area contributed by atoms with Crippen LogP contribution in [0.5, 0.6) is 0 Å². The smallest absolute Gasteiger partial charge is 0.281 e. The van der Waals surface area contributed by atoms with Gasteiger partial charge in [0.2, 0.25) is 0 Å². The third-order valence-electron chi connectivity index (χ3n) is 2.31. The molecule has 2 heterocycles. The molecule has 0 saturated carbocycles. The van der Waals surface area contributed by atoms with Crippen LogP contribution >= 0.6 is 23.2 Å². The van der Waals surface area contributed by atoms with Crippen molar-refractivity contribution in [2.75, 3.05) is 5.73 Å². The van der Waals surface area contributed by atoms with Gasteiger partial charge in [0, 0.05) is 0 Å². The lowest BCUT2D eigenvalue weighted by Crippen LogP contribution is -2.31. The van der Waals surface area contributed by atoms with E-state index in [-0.39, 0.29) is 26.7 Å². The maximum Gasteiger partial charge on any atom is 0.281 e. The van der Waals surface area contributed by atoms with Crippen LogP contribution in [0.25, 0.3) is 0 Å². The van der Waals surface area contributed by atoms with Gasteiger partial charge in [0.15, 0.2) is 15.9 Å². The van der Waals surface area contributed by atoms with E-state index in [1.807, 2.05) is 4.72 Å². The number of sulfonamides is 1. The number of thiol groups is 1. The van der Waals surface area contributed by atoms with Gasteiger partial charge in [-0.05, 0) is 24.3 Å². The molecule has 136 valence electrons. The lowest BCUT2D eigenvalue weighted by atomic mass is 10.3. The molecule has 0 unspecified atom stereocenters. The molecule has 14 heteroatoms. The number of hydrogen-bond donors (Lipinski definition) is 4. The Morgan fingerprint density at radius 3 is 2.24 bits per heavy atom.